The average molecular weight is 376 g/mol. The molecule has 1 N–H and O–H groups in total. The highest BCUT2D eigenvalue weighted by molar-refractivity contribution is 5.21. The van der Waals surface area contributed by atoms with Gasteiger partial charge in [0.1, 0.15) is 12.0 Å². The molecule has 6 heteroatoms. The van der Waals surface area contributed by atoms with Crippen molar-refractivity contribution in [1.82, 2.24) is 20.1 Å². The smallest absolute Gasteiger partial charge is 0.144 e. The summed E-state index contributed by atoms with van der Waals surface area (Å²) >= 11 is 0. The Hall–Kier alpha value is -1.79. The Labute approximate surface area is 160 Å². The maximum Gasteiger partial charge on any atom is 0.144 e. The summed E-state index contributed by atoms with van der Waals surface area (Å²) in [5.74, 6) is -0.221. The Morgan fingerprint density at radius 2 is 2.04 bits per heavy atom. The number of nitrogens with one attached hydrogen (secondary N) is 1. The molecule has 1 unspecified atom stereocenters. The number of hydrogen-bond donors (Lipinski definition) is 1. The number of hydrogen-bond acceptors (Lipinski definition) is 4. The zero-order valence-corrected chi connectivity index (χ0v) is 16.3. The summed E-state index contributed by atoms with van der Waals surface area (Å²) in [6.45, 7) is 9.76. The average Bonchev–Trinajstić information content (AvgIpc) is 2.67. The second-order valence-electron chi connectivity index (χ2n) is 7.93. The molecule has 0 amide bonds. The third-order valence-corrected chi connectivity index (χ3v) is 5.55. The number of rotatable bonds is 7. The van der Waals surface area contributed by atoms with Gasteiger partial charge in [-0.1, -0.05) is 12.2 Å². The van der Waals surface area contributed by atoms with E-state index in [2.05, 4.69) is 33.9 Å². The van der Waals surface area contributed by atoms with Crippen molar-refractivity contribution < 1.29 is 8.78 Å². The molecule has 0 spiro atoms. The summed E-state index contributed by atoms with van der Waals surface area (Å²) in [6, 6.07) is 3.09. The predicted octanol–water partition coefficient (Wildman–Crippen LogP) is 2.93. The zero-order valence-electron chi connectivity index (χ0n) is 16.3. The van der Waals surface area contributed by atoms with Gasteiger partial charge < -0.3 is 10.2 Å². The largest absolute Gasteiger partial charge is 0.384 e. The van der Waals surface area contributed by atoms with E-state index in [1.54, 1.807) is 12.3 Å². The highest BCUT2D eigenvalue weighted by Crippen LogP contribution is 2.19. The van der Waals surface area contributed by atoms with Gasteiger partial charge >= 0.3 is 0 Å². The van der Waals surface area contributed by atoms with Crippen LogP contribution in [0.1, 0.15) is 26.0 Å². The molecule has 2 heterocycles. The van der Waals surface area contributed by atoms with Crippen LogP contribution in [0.5, 0.6) is 0 Å². The van der Waals surface area contributed by atoms with Crippen LogP contribution in [0, 0.1) is 5.82 Å². The van der Waals surface area contributed by atoms with Gasteiger partial charge in [0.25, 0.3) is 0 Å². The van der Waals surface area contributed by atoms with Gasteiger partial charge in [-0.15, -0.1) is 0 Å². The van der Waals surface area contributed by atoms with Gasteiger partial charge in [-0.2, -0.15) is 0 Å². The zero-order chi connectivity index (χ0) is 19.3. The monoisotopic (exact) mass is 376 g/mol. The van der Waals surface area contributed by atoms with Gasteiger partial charge in [0.05, 0.1) is 5.69 Å². The summed E-state index contributed by atoms with van der Waals surface area (Å²) in [4.78, 5) is 8.94. The maximum absolute atomic E-state index is 13.9. The van der Waals surface area contributed by atoms with E-state index in [9.17, 15) is 8.78 Å². The highest BCUT2D eigenvalue weighted by Gasteiger charge is 2.30. The first-order chi connectivity index (χ1) is 13.0. The van der Waals surface area contributed by atoms with E-state index < -0.39 is 6.17 Å². The van der Waals surface area contributed by atoms with Gasteiger partial charge in [0, 0.05) is 69.5 Å². The van der Waals surface area contributed by atoms with E-state index in [1.807, 2.05) is 18.2 Å². The van der Waals surface area contributed by atoms with Crippen molar-refractivity contribution in [1.29, 1.82) is 0 Å². The third kappa shape index (κ3) is 5.36. The van der Waals surface area contributed by atoms with Crippen molar-refractivity contribution >= 4 is 0 Å². The summed E-state index contributed by atoms with van der Waals surface area (Å²) in [5.41, 5.74) is 1.17. The lowest BCUT2D eigenvalue weighted by atomic mass is 10.00. The number of piperazine rings is 1. The first kappa shape index (κ1) is 20.0. The first-order valence-electron chi connectivity index (χ1n) is 9.77. The van der Waals surface area contributed by atoms with Gasteiger partial charge in [0.15, 0.2) is 0 Å². The molecule has 1 aliphatic heterocycles. The summed E-state index contributed by atoms with van der Waals surface area (Å²) in [6.07, 6.45) is 7.41. The van der Waals surface area contributed by atoms with E-state index in [-0.39, 0.29) is 11.4 Å². The van der Waals surface area contributed by atoms with E-state index in [1.165, 1.54) is 6.07 Å². The topological polar surface area (TPSA) is 31.4 Å². The Kier molecular flexibility index (Phi) is 6.60. The number of halogens is 2. The predicted molar refractivity (Wildman–Crippen MR) is 105 cm³/mol. The molecular weight excluding hydrogens is 346 g/mol. The van der Waals surface area contributed by atoms with Gasteiger partial charge in [-0.05, 0) is 32.1 Å². The molecule has 2 aliphatic rings. The van der Waals surface area contributed by atoms with E-state index in [4.69, 9.17) is 0 Å². The van der Waals surface area contributed by atoms with Crippen LogP contribution in [-0.4, -0.2) is 65.8 Å². The number of allylic oxidation sites excluding steroid dienone is 4. The standard InChI is InChI=1S/C21H30F2N4/c1-21(2,16-25-19-8-4-3-6-17(19)22)27-14-12-26(13-15-27)11-9-20-18(23)7-5-10-24-20/h3-5,7-8,10,17,25H,6,9,11-16H2,1-2H3. The minimum Gasteiger partial charge on any atom is -0.384 e. The molecule has 0 bridgehead atoms. The van der Waals surface area contributed by atoms with Gasteiger partial charge in [-0.25, -0.2) is 8.78 Å². The van der Waals surface area contributed by atoms with Gasteiger partial charge in [0.2, 0.25) is 0 Å². The Morgan fingerprint density at radius 1 is 1.26 bits per heavy atom. The van der Waals surface area contributed by atoms with Gasteiger partial charge in [-0.3, -0.25) is 9.88 Å². The molecule has 3 rings (SSSR count). The second kappa shape index (κ2) is 8.93. The van der Waals surface area contributed by atoms with Crippen LogP contribution in [-0.2, 0) is 6.42 Å². The second-order valence-corrected chi connectivity index (χ2v) is 7.93. The van der Waals surface area contributed by atoms with Crippen molar-refractivity contribution in [3.63, 3.8) is 0 Å². The molecule has 1 aromatic heterocycles. The Morgan fingerprint density at radius 3 is 2.74 bits per heavy atom. The lowest BCUT2D eigenvalue weighted by molar-refractivity contribution is 0.0531. The minimum absolute atomic E-state index is 0.0547. The lowest BCUT2D eigenvalue weighted by Gasteiger charge is -2.44. The van der Waals surface area contributed by atoms with Crippen LogP contribution in [0.25, 0.3) is 0 Å². The van der Waals surface area contributed by atoms with Crippen molar-refractivity contribution in [2.75, 3.05) is 39.3 Å². The molecular formula is C21H30F2N4. The third-order valence-electron chi connectivity index (χ3n) is 5.55. The fraction of sp³-hybridized carbons (Fsp3) is 0.571. The first-order valence-corrected chi connectivity index (χ1v) is 9.77. The molecule has 1 fully saturated rings. The molecule has 27 heavy (non-hydrogen) atoms. The normalized spacial score (nSPS) is 21.9. The lowest BCUT2D eigenvalue weighted by Crippen LogP contribution is -2.58. The van der Waals surface area contributed by atoms with Crippen LogP contribution in [0.2, 0.25) is 0 Å². The van der Waals surface area contributed by atoms with Crippen molar-refractivity contribution in [3.8, 4) is 0 Å². The SMILES string of the molecule is CC(C)(CNC1=CC=CCC1F)N1CCN(CCc2ncccc2F)CC1. The van der Waals surface area contributed by atoms with Crippen LogP contribution in [0.4, 0.5) is 8.78 Å². The van der Waals surface area contributed by atoms with Crippen LogP contribution in [0.15, 0.2) is 42.3 Å². The van der Waals surface area contributed by atoms with E-state index >= 15 is 0 Å². The molecule has 1 aromatic rings. The number of pyridine rings is 1. The van der Waals surface area contributed by atoms with Crippen molar-refractivity contribution in [2.45, 2.75) is 38.4 Å². The molecule has 0 saturated carbocycles. The molecule has 1 saturated heterocycles. The summed E-state index contributed by atoms with van der Waals surface area (Å²) in [5, 5.41) is 3.30. The minimum atomic E-state index is -0.922. The Bertz CT molecular complexity index is 679. The quantitative estimate of drug-likeness (QED) is 0.793. The number of aromatic nitrogens is 1. The molecule has 4 nitrogen and oxygen atoms in total. The number of nitrogens with zero attached hydrogens (tertiary/aromatic N) is 3. The van der Waals surface area contributed by atoms with Crippen LogP contribution in [0.3, 0.4) is 0 Å². The van der Waals surface area contributed by atoms with Crippen LogP contribution < -0.4 is 5.32 Å². The summed E-state index contributed by atoms with van der Waals surface area (Å²) in [7, 11) is 0. The Balaban J connectivity index is 1.44. The van der Waals surface area contributed by atoms with Crippen LogP contribution >= 0.6 is 0 Å². The molecule has 1 atom stereocenters. The van der Waals surface area contributed by atoms with Crippen molar-refractivity contribution in [3.05, 3.63) is 53.8 Å². The maximum atomic E-state index is 13.9. The fourth-order valence-corrected chi connectivity index (χ4v) is 3.64. The van der Waals surface area contributed by atoms with Crippen molar-refractivity contribution in [2.24, 2.45) is 0 Å². The molecule has 0 aromatic carbocycles. The summed E-state index contributed by atoms with van der Waals surface area (Å²) < 4.78 is 27.6. The highest BCUT2D eigenvalue weighted by atomic mass is 19.1. The molecule has 1 aliphatic carbocycles. The van der Waals surface area contributed by atoms with E-state index in [0.29, 0.717) is 30.8 Å². The molecule has 0 radical (unpaired) electrons. The van der Waals surface area contributed by atoms with E-state index in [0.717, 1.165) is 32.7 Å². The fourth-order valence-electron chi connectivity index (χ4n) is 3.64. The molecule has 148 valence electrons. The number of alkyl halides is 1.